The van der Waals surface area contributed by atoms with E-state index in [0.29, 0.717) is 18.7 Å². The van der Waals surface area contributed by atoms with Crippen LogP contribution < -0.4 is 4.74 Å². The minimum Gasteiger partial charge on any atom is -0.490 e. The van der Waals surface area contributed by atoms with Crippen LogP contribution in [-0.4, -0.2) is 46.9 Å². The van der Waals surface area contributed by atoms with Gasteiger partial charge in [0.2, 0.25) is 0 Å². The lowest BCUT2D eigenvalue weighted by molar-refractivity contribution is 0.0595. The van der Waals surface area contributed by atoms with E-state index in [1.165, 1.54) is 23.3 Å². The number of rotatable bonds is 8. The van der Waals surface area contributed by atoms with Crippen LogP contribution in [0.1, 0.15) is 34.3 Å². The molecule has 0 saturated carbocycles. The van der Waals surface area contributed by atoms with Crippen LogP contribution in [0.5, 0.6) is 5.75 Å². The Morgan fingerprint density at radius 3 is 2.36 bits per heavy atom. The molecule has 1 aromatic heterocycles. The molecule has 0 N–H and O–H groups in total. The largest absolute Gasteiger partial charge is 0.490 e. The summed E-state index contributed by atoms with van der Waals surface area (Å²) in [5.41, 5.74) is 5.85. The average molecular weight is 560 g/mol. The summed E-state index contributed by atoms with van der Waals surface area (Å²) in [6.45, 7) is 3.01. The van der Waals surface area contributed by atoms with Gasteiger partial charge in [-0.2, -0.15) is 0 Å². The number of amides is 1. The quantitative estimate of drug-likeness (QED) is 0.199. The van der Waals surface area contributed by atoms with Crippen LogP contribution in [0, 0.1) is 5.82 Å². The van der Waals surface area contributed by atoms with Crippen molar-refractivity contribution in [2.45, 2.75) is 32.0 Å². The molecule has 1 aliphatic heterocycles. The highest BCUT2D eigenvalue weighted by molar-refractivity contribution is 5.94. The third kappa shape index (κ3) is 6.67. The van der Waals surface area contributed by atoms with E-state index >= 15 is 0 Å². The Bertz CT molecular complexity index is 1660. The lowest BCUT2D eigenvalue weighted by atomic mass is 10.0. The lowest BCUT2D eigenvalue weighted by Crippen LogP contribution is -2.41. The number of fused-ring (bicyclic) bond motifs is 1. The minimum atomic E-state index is -0.271. The molecule has 1 aliphatic rings. The number of benzene rings is 4. The number of carbonyl (C=O) groups excluding carboxylic acids is 1. The van der Waals surface area contributed by atoms with Crippen LogP contribution in [0.15, 0.2) is 109 Å². The van der Waals surface area contributed by atoms with Gasteiger partial charge in [-0.3, -0.25) is 14.7 Å². The third-order valence-corrected chi connectivity index (χ3v) is 7.82. The molecule has 212 valence electrons. The zero-order valence-corrected chi connectivity index (χ0v) is 23.7. The first kappa shape index (κ1) is 27.6. The van der Waals surface area contributed by atoms with Crippen molar-refractivity contribution in [1.29, 1.82) is 0 Å². The average Bonchev–Trinajstić information content (AvgIpc) is 3.02. The first-order valence-electron chi connectivity index (χ1n) is 14.4. The topological polar surface area (TPSA) is 45.7 Å². The van der Waals surface area contributed by atoms with Gasteiger partial charge in [-0.25, -0.2) is 4.39 Å². The lowest BCUT2D eigenvalue weighted by Gasteiger charge is -2.32. The standard InChI is InChI=1S/C36H34FN3O2/c1-39(25-27-9-16-35-31(22-27)5-3-19-38-35)24-26-7-14-33(15-8-26)42-34-17-20-40(21-18-34)36(41)29-12-10-28(11-13-29)30-4-2-6-32(37)23-30/h2-16,19,22-23,34H,17-18,20-21,24-25H2,1H3. The van der Waals surface area contributed by atoms with Crippen molar-refractivity contribution < 1.29 is 13.9 Å². The van der Waals surface area contributed by atoms with Gasteiger partial charge in [-0.15, -0.1) is 0 Å². The van der Waals surface area contributed by atoms with Crippen molar-refractivity contribution in [3.05, 3.63) is 132 Å². The Labute approximate surface area is 246 Å². The van der Waals surface area contributed by atoms with Gasteiger partial charge in [0, 0.05) is 56.2 Å². The fourth-order valence-corrected chi connectivity index (χ4v) is 5.60. The van der Waals surface area contributed by atoms with E-state index < -0.39 is 0 Å². The highest BCUT2D eigenvalue weighted by Gasteiger charge is 2.25. The summed E-state index contributed by atoms with van der Waals surface area (Å²) >= 11 is 0. The molecule has 2 heterocycles. The second kappa shape index (κ2) is 12.5. The molecule has 1 saturated heterocycles. The Balaban J connectivity index is 0.971. The number of hydrogen-bond donors (Lipinski definition) is 0. The van der Waals surface area contributed by atoms with Gasteiger partial charge < -0.3 is 9.64 Å². The molecule has 0 bridgehead atoms. The van der Waals surface area contributed by atoms with Gasteiger partial charge >= 0.3 is 0 Å². The number of piperidine rings is 1. The van der Waals surface area contributed by atoms with Crippen molar-refractivity contribution in [2.75, 3.05) is 20.1 Å². The molecule has 0 unspecified atom stereocenters. The Hall–Kier alpha value is -4.55. The van der Waals surface area contributed by atoms with E-state index in [9.17, 15) is 9.18 Å². The number of likely N-dealkylation sites (tertiary alicyclic amines) is 1. The fourth-order valence-electron chi connectivity index (χ4n) is 5.60. The zero-order chi connectivity index (χ0) is 28.9. The van der Waals surface area contributed by atoms with Gasteiger partial charge in [-0.05, 0) is 83.9 Å². The smallest absolute Gasteiger partial charge is 0.253 e. The predicted molar refractivity (Wildman–Crippen MR) is 165 cm³/mol. The number of hydrogen-bond acceptors (Lipinski definition) is 4. The summed E-state index contributed by atoms with van der Waals surface area (Å²) in [5, 5.41) is 1.16. The van der Waals surface area contributed by atoms with Gasteiger partial charge in [0.1, 0.15) is 17.7 Å². The summed E-state index contributed by atoms with van der Waals surface area (Å²) in [6, 6.07) is 32.7. The molecular formula is C36H34FN3O2. The van der Waals surface area contributed by atoms with Crippen molar-refractivity contribution in [2.24, 2.45) is 0 Å². The van der Waals surface area contributed by atoms with Crippen molar-refractivity contribution in [1.82, 2.24) is 14.8 Å². The predicted octanol–water partition coefficient (Wildman–Crippen LogP) is 7.36. The monoisotopic (exact) mass is 559 g/mol. The molecule has 6 rings (SSSR count). The molecule has 0 radical (unpaired) electrons. The van der Waals surface area contributed by atoms with Crippen LogP contribution in [-0.2, 0) is 13.1 Å². The van der Waals surface area contributed by atoms with Gasteiger partial charge in [0.05, 0.1) is 5.52 Å². The molecule has 1 amide bonds. The second-order valence-corrected chi connectivity index (χ2v) is 11.0. The van der Waals surface area contributed by atoms with E-state index in [-0.39, 0.29) is 17.8 Å². The normalized spacial score (nSPS) is 13.9. The molecule has 0 aliphatic carbocycles. The molecule has 1 fully saturated rings. The number of carbonyl (C=O) groups is 1. The number of nitrogens with zero attached hydrogens (tertiary/aromatic N) is 3. The fraction of sp³-hybridized carbons (Fsp3) is 0.222. The second-order valence-electron chi connectivity index (χ2n) is 11.0. The maximum Gasteiger partial charge on any atom is 0.253 e. The molecule has 5 aromatic rings. The number of aromatic nitrogens is 1. The summed E-state index contributed by atoms with van der Waals surface area (Å²) < 4.78 is 19.8. The highest BCUT2D eigenvalue weighted by Crippen LogP contribution is 2.24. The van der Waals surface area contributed by atoms with E-state index in [4.69, 9.17) is 4.74 Å². The Morgan fingerprint density at radius 2 is 1.60 bits per heavy atom. The first-order valence-corrected chi connectivity index (χ1v) is 14.4. The van der Waals surface area contributed by atoms with Crippen LogP contribution in [0.4, 0.5) is 4.39 Å². The van der Waals surface area contributed by atoms with Crippen molar-refractivity contribution >= 4 is 16.8 Å². The van der Waals surface area contributed by atoms with Crippen molar-refractivity contribution in [3.63, 3.8) is 0 Å². The van der Waals surface area contributed by atoms with Crippen LogP contribution in [0.2, 0.25) is 0 Å². The first-order chi connectivity index (χ1) is 20.5. The van der Waals surface area contributed by atoms with E-state index in [1.807, 2.05) is 59.6 Å². The van der Waals surface area contributed by atoms with Gasteiger partial charge in [-0.1, -0.05) is 48.5 Å². The highest BCUT2D eigenvalue weighted by atomic mass is 19.1. The Kier molecular flexibility index (Phi) is 8.24. The summed E-state index contributed by atoms with van der Waals surface area (Å²) in [7, 11) is 2.13. The minimum absolute atomic E-state index is 0.0214. The van der Waals surface area contributed by atoms with Gasteiger partial charge in [0.25, 0.3) is 5.91 Å². The van der Waals surface area contributed by atoms with E-state index in [2.05, 4.69) is 53.3 Å². The van der Waals surface area contributed by atoms with E-state index in [0.717, 1.165) is 53.7 Å². The number of pyridine rings is 1. The third-order valence-electron chi connectivity index (χ3n) is 7.82. The molecule has 0 spiro atoms. The maximum absolute atomic E-state index is 13.6. The number of halogens is 1. The molecule has 0 atom stereocenters. The molecule has 42 heavy (non-hydrogen) atoms. The van der Waals surface area contributed by atoms with Crippen molar-refractivity contribution in [3.8, 4) is 16.9 Å². The molecular weight excluding hydrogens is 525 g/mol. The maximum atomic E-state index is 13.6. The molecule has 6 heteroatoms. The summed E-state index contributed by atoms with van der Waals surface area (Å²) in [5.74, 6) is 0.613. The van der Waals surface area contributed by atoms with Crippen LogP contribution >= 0.6 is 0 Å². The molecule has 4 aromatic carbocycles. The molecule has 5 nitrogen and oxygen atoms in total. The van der Waals surface area contributed by atoms with Crippen LogP contribution in [0.3, 0.4) is 0 Å². The van der Waals surface area contributed by atoms with Crippen LogP contribution in [0.25, 0.3) is 22.0 Å². The Morgan fingerprint density at radius 1 is 0.857 bits per heavy atom. The number of ether oxygens (including phenoxy) is 1. The van der Waals surface area contributed by atoms with E-state index in [1.54, 1.807) is 6.07 Å². The summed E-state index contributed by atoms with van der Waals surface area (Å²) in [6.07, 6.45) is 3.49. The zero-order valence-electron chi connectivity index (χ0n) is 23.7. The SMILES string of the molecule is CN(Cc1ccc(OC2CCN(C(=O)c3ccc(-c4cccc(F)c4)cc3)CC2)cc1)Cc1ccc2ncccc2c1. The van der Waals surface area contributed by atoms with Gasteiger partial charge in [0.15, 0.2) is 0 Å². The summed E-state index contributed by atoms with van der Waals surface area (Å²) in [4.78, 5) is 21.7.